The van der Waals surface area contributed by atoms with E-state index in [-0.39, 0.29) is 17.1 Å². The third kappa shape index (κ3) is 1.55. The number of nitrogens with one attached hydrogen (secondary N) is 1. The number of hydrogen-bond donors (Lipinski definition) is 1. The van der Waals surface area contributed by atoms with Gasteiger partial charge in [-0.3, -0.25) is 9.59 Å². The summed E-state index contributed by atoms with van der Waals surface area (Å²) in [5, 5.41) is 2.53. The molecule has 0 aliphatic carbocycles. The Morgan fingerprint density at radius 2 is 1.92 bits per heavy atom. The highest BCUT2D eigenvalue weighted by Crippen LogP contribution is 2.28. The smallest absolute Gasteiger partial charge is 0.235 e. The van der Waals surface area contributed by atoms with Crippen LogP contribution in [0.25, 0.3) is 0 Å². The van der Waals surface area contributed by atoms with Crippen molar-refractivity contribution < 1.29 is 9.59 Å². The molecule has 12 heavy (non-hydrogen) atoms. The summed E-state index contributed by atoms with van der Waals surface area (Å²) in [5.74, 6) is -0.844. The Bertz CT molecular complexity index is 248. The van der Waals surface area contributed by atoms with Gasteiger partial charge < -0.3 is 5.32 Å². The van der Waals surface area contributed by atoms with Crippen LogP contribution in [0.1, 0.15) is 20.8 Å². The van der Waals surface area contributed by atoms with E-state index in [1.54, 1.807) is 0 Å². The van der Waals surface area contributed by atoms with E-state index >= 15 is 0 Å². The number of carbonyl (C=O) groups excluding carboxylic acids is 2. The van der Waals surface area contributed by atoms with Crippen LogP contribution in [0, 0.1) is 11.3 Å². The minimum atomic E-state index is -0.539. The van der Waals surface area contributed by atoms with Crippen LogP contribution < -0.4 is 5.32 Å². The number of ketones is 1. The Hall–Kier alpha value is -1.12. The van der Waals surface area contributed by atoms with E-state index in [1.165, 1.54) is 12.3 Å². The van der Waals surface area contributed by atoms with E-state index < -0.39 is 5.92 Å². The van der Waals surface area contributed by atoms with Crippen molar-refractivity contribution in [2.24, 2.45) is 11.3 Å². The van der Waals surface area contributed by atoms with E-state index in [1.807, 2.05) is 20.8 Å². The standard InChI is InChI=1S/C9H13NO2/c1-9(2,3)7-6(11)4-5-10-8(7)12/h4-5,7H,1-3H3,(H,10,12). The molecule has 0 fully saturated rings. The second-order valence-corrected chi connectivity index (χ2v) is 4.04. The molecule has 1 N–H and O–H groups in total. The molecule has 1 rings (SSSR count). The first kappa shape index (κ1) is 8.97. The van der Waals surface area contributed by atoms with Crippen LogP contribution in [0.2, 0.25) is 0 Å². The van der Waals surface area contributed by atoms with Gasteiger partial charge in [0.1, 0.15) is 5.92 Å². The first-order chi connectivity index (χ1) is 5.43. The first-order valence-electron chi connectivity index (χ1n) is 3.93. The number of hydrogen-bond acceptors (Lipinski definition) is 2. The highest BCUT2D eigenvalue weighted by Gasteiger charge is 2.37. The third-order valence-corrected chi connectivity index (χ3v) is 1.89. The molecule has 0 radical (unpaired) electrons. The van der Waals surface area contributed by atoms with E-state index in [2.05, 4.69) is 5.32 Å². The fourth-order valence-electron chi connectivity index (χ4n) is 1.33. The molecule has 1 aliphatic heterocycles. The first-order valence-corrected chi connectivity index (χ1v) is 3.93. The van der Waals surface area contributed by atoms with Gasteiger partial charge in [-0.25, -0.2) is 0 Å². The highest BCUT2D eigenvalue weighted by molar-refractivity contribution is 6.09. The molecule has 0 saturated carbocycles. The zero-order chi connectivity index (χ0) is 9.35. The van der Waals surface area contributed by atoms with Crippen LogP contribution in [0.4, 0.5) is 0 Å². The number of rotatable bonds is 0. The highest BCUT2D eigenvalue weighted by atomic mass is 16.2. The van der Waals surface area contributed by atoms with Crippen molar-refractivity contribution in [1.82, 2.24) is 5.32 Å². The lowest BCUT2D eigenvalue weighted by molar-refractivity contribution is -0.136. The van der Waals surface area contributed by atoms with Crippen molar-refractivity contribution in [3.05, 3.63) is 12.3 Å². The zero-order valence-corrected chi connectivity index (χ0v) is 7.55. The second kappa shape index (κ2) is 2.73. The Labute approximate surface area is 71.8 Å². The monoisotopic (exact) mass is 167 g/mol. The maximum Gasteiger partial charge on any atom is 0.235 e. The minimum absolute atomic E-state index is 0.105. The molecule has 1 unspecified atom stereocenters. The fourth-order valence-corrected chi connectivity index (χ4v) is 1.33. The number of amides is 1. The molecule has 0 aromatic rings. The lowest BCUT2D eigenvalue weighted by Crippen LogP contribution is -2.43. The quantitative estimate of drug-likeness (QED) is 0.544. The summed E-state index contributed by atoms with van der Waals surface area (Å²) in [6.07, 6.45) is 2.81. The van der Waals surface area contributed by atoms with Crippen LogP contribution in [0.5, 0.6) is 0 Å². The van der Waals surface area contributed by atoms with Crippen molar-refractivity contribution >= 4 is 11.7 Å². The van der Waals surface area contributed by atoms with Gasteiger partial charge in [-0.05, 0) is 11.5 Å². The molecule has 3 heteroatoms. The van der Waals surface area contributed by atoms with Gasteiger partial charge in [-0.15, -0.1) is 0 Å². The van der Waals surface area contributed by atoms with E-state index in [0.717, 1.165) is 0 Å². The predicted octanol–water partition coefficient (Wildman–Crippen LogP) is 0.861. The molecular formula is C9H13NO2. The van der Waals surface area contributed by atoms with Crippen LogP contribution in [0.15, 0.2) is 12.3 Å². The number of carbonyl (C=O) groups is 2. The summed E-state index contributed by atoms with van der Waals surface area (Å²) in [6, 6.07) is 0. The second-order valence-electron chi connectivity index (χ2n) is 4.04. The zero-order valence-electron chi connectivity index (χ0n) is 7.55. The molecular weight excluding hydrogens is 154 g/mol. The van der Waals surface area contributed by atoms with Gasteiger partial charge in [0.05, 0.1) is 0 Å². The normalized spacial score (nSPS) is 24.1. The van der Waals surface area contributed by atoms with Crippen LogP contribution >= 0.6 is 0 Å². The van der Waals surface area contributed by atoms with Crippen LogP contribution in [0.3, 0.4) is 0 Å². The molecule has 0 saturated heterocycles. The summed E-state index contributed by atoms with van der Waals surface area (Å²) in [7, 11) is 0. The van der Waals surface area contributed by atoms with E-state index in [0.29, 0.717) is 0 Å². The Morgan fingerprint density at radius 3 is 2.25 bits per heavy atom. The van der Waals surface area contributed by atoms with Crippen molar-refractivity contribution in [2.45, 2.75) is 20.8 Å². The summed E-state index contributed by atoms with van der Waals surface area (Å²) in [5.41, 5.74) is -0.300. The minimum Gasteiger partial charge on any atom is -0.332 e. The molecule has 0 aromatic heterocycles. The van der Waals surface area contributed by atoms with Crippen molar-refractivity contribution in [3.8, 4) is 0 Å². The Balaban J connectivity index is 2.95. The van der Waals surface area contributed by atoms with Gasteiger partial charge in [0.25, 0.3) is 0 Å². The van der Waals surface area contributed by atoms with Gasteiger partial charge >= 0.3 is 0 Å². The van der Waals surface area contributed by atoms with Gasteiger partial charge in [-0.2, -0.15) is 0 Å². The van der Waals surface area contributed by atoms with E-state index in [4.69, 9.17) is 0 Å². The molecule has 66 valence electrons. The Kier molecular flexibility index (Phi) is 2.04. The van der Waals surface area contributed by atoms with Gasteiger partial charge in [0, 0.05) is 6.20 Å². The molecule has 0 aromatic carbocycles. The molecule has 1 heterocycles. The topological polar surface area (TPSA) is 46.2 Å². The fraction of sp³-hybridized carbons (Fsp3) is 0.556. The summed E-state index contributed by atoms with van der Waals surface area (Å²) in [4.78, 5) is 22.6. The lowest BCUT2D eigenvalue weighted by Gasteiger charge is -2.28. The van der Waals surface area contributed by atoms with Crippen LogP contribution in [-0.2, 0) is 9.59 Å². The molecule has 1 atom stereocenters. The summed E-state index contributed by atoms with van der Waals surface area (Å²) < 4.78 is 0. The lowest BCUT2D eigenvalue weighted by atomic mass is 9.76. The van der Waals surface area contributed by atoms with Gasteiger partial charge in [-0.1, -0.05) is 20.8 Å². The van der Waals surface area contributed by atoms with Gasteiger partial charge in [0.2, 0.25) is 5.91 Å². The van der Waals surface area contributed by atoms with Crippen LogP contribution in [-0.4, -0.2) is 11.7 Å². The van der Waals surface area contributed by atoms with E-state index in [9.17, 15) is 9.59 Å². The summed E-state index contributed by atoms with van der Waals surface area (Å²) in [6.45, 7) is 5.65. The molecule has 0 bridgehead atoms. The molecule has 0 spiro atoms. The van der Waals surface area contributed by atoms with Gasteiger partial charge in [0.15, 0.2) is 5.78 Å². The number of allylic oxidation sites excluding steroid dienone is 1. The average Bonchev–Trinajstić information content (AvgIpc) is 1.82. The summed E-state index contributed by atoms with van der Waals surface area (Å²) >= 11 is 0. The van der Waals surface area contributed by atoms with Crippen molar-refractivity contribution in [3.63, 3.8) is 0 Å². The maximum atomic E-state index is 11.3. The molecule has 3 nitrogen and oxygen atoms in total. The SMILES string of the molecule is CC(C)(C)C1C(=O)C=CNC1=O. The molecule has 1 aliphatic rings. The van der Waals surface area contributed by atoms with Crippen molar-refractivity contribution in [2.75, 3.05) is 0 Å². The Morgan fingerprint density at radius 1 is 1.33 bits per heavy atom. The molecule has 1 amide bonds. The average molecular weight is 167 g/mol. The predicted molar refractivity (Wildman–Crippen MR) is 45.2 cm³/mol. The largest absolute Gasteiger partial charge is 0.332 e. The maximum absolute atomic E-state index is 11.3. The third-order valence-electron chi connectivity index (χ3n) is 1.89. The van der Waals surface area contributed by atoms with Crippen molar-refractivity contribution in [1.29, 1.82) is 0 Å².